The summed E-state index contributed by atoms with van der Waals surface area (Å²) in [6, 6.07) is 8.36. The van der Waals surface area contributed by atoms with Crippen LogP contribution in [0.1, 0.15) is 52.0 Å². The number of sulfonamides is 1. The van der Waals surface area contributed by atoms with Gasteiger partial charge >= 0.3 is 6.09 Å². The number of rotatable bonds is 11. The zero-order chi connectivity index (χ0) is 24.5. The number of nitrogens with zero attached hydrogens (tertiary/aromatic N) is 1. The quantitative estimate of drug-likeness (QED) is 0.412. The van der Waals surface area contributed by atoms with E-state index in [1.807, 2.05) is 30.3 Å². The maximum Gasteiger partial charge on any atom is 0.408 e. The maximum absolute atomic E-state index is 13.5. The van der Waals surface area contributed by atoms with Gasteiger partial charge in [-0.05, 0) is 58.6 Å². The van der Waals surface area contributed by atoms with Crippen molar-refractivity contribution in [3.8, 4) is 0 Å². The summed E-state index contributed by atoms with van der Waals surface area (Å²) < 4.78 is 32.5. The van der Waals surface area contributed by atoms with Crippen molar-refractivity contribution in [1.82, 2.24) is 14.9 Å². The summed E-state index contributed by atoms with van der Waals surface area (Å²) >= 11 is 0. The molecule has 10 heteroatoms. The van der Waals surface area contributed by atoms with Gasteiger partial charge in [-0.15, -0.1) is 0 Å². The molecule has 0 aromatic heterocycles. The van der Waals surface area contributed by atoms with Crippen LogP contribution < -0.4 is 15.8 Å². The van der Waals surface area contributed by atoms with Crippen LogP contribution in [0.3, 0.4) is 0 Å². The van der Waals surface area contributed by atoms with Gasteiger partial charge in [-0.25, -0.2) is 17.9 Å². The molecule has 0 radical (unpaired) electrons. The van der Waals surface area contributed by atoms with Crippen LogP contribution in [0.5, 0.6) is 0 Å². The molecule has 2 rings (SSSR count). The number of benzene rings is 1. The number of unbranched alkanes of at least 4 members (excludes halogenated alkanes) is 1. The highest BCUT2D eigenvalue weighted by Crippen LogP contribution is 2.20. The second-order valence-corrected chi connectivity index (χ2v) is 11.3. The van der Waals surface area contributed by atoms with E-state index >= 15 is 0 Å². The van der Waals surface area contributed by atoms with E-state index in [0.717, 1.165) is 12.0 Å². The zero-order valence-corrected chi connectivity index (χ0v) is 20.7. The van der Waals surface area contributed by atoms with Gasteiger partial charge in [0.1, 0.15) is 11.6 Å². The molecule has 4 N–H and O–H groups in total. The maximum atomic E-state index is 13.5. The molecule has 0 aliphatic carbocycles. The molecule has 1 heterocycles. The van der Waals surface area contributed by atoms with Crippen molar-refractivity contribution in [2.75, 3.05) is 25.4 Å². The summed E-state index contributed by atoms with van der Waals surface area (Å²) in [6.45, 7) is 6.40. The third kappa shape index (κ3) is 9.69. The summed E-state index contributed by atoms with van der Waals surface area (Å²) in [5.74, 6) is -0.226. The SMILES string of the molecule is CC(C)(C)OC(=O)N[C@@H](Cc1ccccc1)C(=O)N1CCC[C@@H]1CNS(=O)(=O)CCCCN. The Balaban J connectivity index is 2.08. The molecule has 33 heavy (non-hydrogen) atoms. The Kier molecular flexibility index (Phi) is 10.1. The fraction of sp³-hybridized carbons (Fsp3) is 0.652. The highest BCUT2D eigenvalue weighted by molar-refractivity contribution is 7.89. The van der Waals surface area contributed by atoms with Crippen LogP contribution >= 0.6 is 0 Å². The molecule has 1 fully saturated rings. The summed E-state index contributed by atoms with van der Waals surface area (Å²) in [6.07, 6.45) is 2.27. The van der Waals surface area contributed by atoms with E-state index in [2.05, 4.69) is 10.0 Å². The highest BCUT2D eigenvalue weighted by Gasteiger charge is 2.35. The Hall–Kier alpha value is -2.17. The van der Waals surface area contributed by atoms with Crippen molar-refractivity contribution >= 4 is 22.0 Å². The summed E-state index contributed by atoms with van der Waals surface area (Å²) in [7, 11) is -3.43. The predicted octanol–water partition coefficient (Wildman–Crippen LogP) is 1.77. The minimum absolute atomic E-state index is 0.0156. The van der Waals surface area contributed by atoms with Crippen molar-refractivity contribution in [1.29, 1.82) is 0 Å². The first-order valence-electron chi connectivity index (χ1n) is 11.5. The molecule has 9 nitrogen and oxygen atoms in total. The molecule has 0 unspecified atom stereocenters. The van der Waals surface area contributed by atoms with E-state index in [1.54, 1.807) is 25.7 Å². The van der Waals surface area contributed by atoms with E-state index in [0.29, 0.717) is 38.8 Å². The Bertz CT molecular complexity index is 871. The minimum Gasteiger partial charge on any atom is -0.444 e. The van der Waals surface area contributed by atoms with E-state index in [9.17, 15) is 18.0 Å². The molecule has 1 aromatic rings. The molecule has 0 bridgehead atoms. The second-order valence-electron chi connectivity index (χ2n) is 9.38. The molecule has 1 aromatic carbocycles. The number of hydrogen-bond acceptors (Lipinski definition) is 6. The van der Waals surface area contributed by atoms with Gasteiger partial charge in [0.25, 0.3) is 0 Å². The summed E-state index contributed by atoms with van der Waals surface area (Å²) in [5.41, 5.74) is 5.65. The lowest BCUT2D eigenvalue weighted by Gasteiger charge is -2.30. The van der Waals surface area contributed by atoms with Gasteiger partial charge in [-0.2, -0.15) is 0 Å². The molecule has 1 saturated heterocycles. The Morgan fingerprint density at radius 3 is 2.55 bits per heavy atom. The van der Waals surface area contributed by atoms with Crippen LogP contribution in [0.15, 0.2) is 30.3 Å². The molecule has 186 valence electrons. The lowest BCUT2D eigenvalue weighted by Crippen LogP contribution is -2.53. The van der Waals surface area contributed by atoms with Crippen molar-refractivity contribution in [3.63, 3.8) is 0 Å². The average Bonchev–Trinajstić information content (AvgIpc) is 3.19. The first kappa shape index (κ1) is 27.1. The van der Waals surface area contributed by atoms with Crippen molar-refractivity contribution in [2.24, 2.45) is 5.73 Å². The topological polar surface area (TPSA) is 131 Å². The van der Waals surface area contributed by atoms with E-state index in [-0.39, 0.29) is 24.2 Å². The number of hydrogen-bond donors (Lipinski definition) is 3. The number of nitrogens with one attached hydrogen (secondary N) is 2. The lowest BCUT2D eigenvalue weighted by molar-refractivity contribution is -0.134. The average molecular weight is 483 g/mol. The number of carbonyl (C=O) groups excluding carboxylic acids is 2. The Labute approximate surface area is 197 Å². The van der Waals surface area contributed by atoms with E-state index in [1.165, 1.54) is 0 Å². The molecule has 0 saturated carbocycles. The van der Waals surface area contributed by atoms with Crippen LogP contribution in [0, 0.1) is 0 Å². The number of nitrogens with two attached hydrogens (primary N) is 1. The molecule has 1 aliphatic heterocycles. The van der Waals surface area contributed by atoms with Crippen molar-refractivity contribution < 1.29 is 22.7 Å². The molecule has 0 spiro atoms. The number of ether oxygens (including phenoxy) is 1. The van der Waals surface area contributed by atoms with Crippen LogP contribution in [0.2, 0.25) is 0 Å². The van der Waals surface area contributed by atoms with Gasteiger partial charge < -0.3 is 20.7 Å². The minimum atomic E-state index is -3.43. The number of amides is 2. The van der Waals surface area contributed by atoms with Crippen molar-refractivity contribution in [2.45, 2.75) is 70.6 Å². The number of alkyl carbamates (subject to hydrolysis) is 1. The third-order valence-corrected chi connectivity index (χ3v) is 6.77. The van der Waals surface area contributed by atoms with Crippen LogP contribution in [-0.4, -0.2) is 68.4 Å². The van der Waals surface area contributed by atoms with Gasteiger partial charge in [0.15, 0.2) is 0 Å². The fourth-order valence-electron chi connectivity index (χ4n) is 3.77. The smallest absolute Gasteiger partial charge is 0.408 e. The van der Waals surface area contributed by atoms with Gasteiger partial charge in [0, 0.05) is 25.6 Å². The molecule has 2 amide bonds. The Morgan fingerprint density at radius 2 is 1.91 bits per heavy atom. The first-order valence-corrected chi connectivity index (χ1v) is 13.2. The fourth-order valence-corrected chi connectivity index (χ4v) is 4.94. The number of carbonyl (C=O) groups is 2. The first-order chi connectivity index (χ1) is 15.5. The third-order valence-electron chi connectivity index (χ3n) is 5.34. The molecule has 2 atom stereocenters. The van der Waals surface area contributed by atoms with Gasteiger partial charge in [0.2, 0.25) is 15.9 Å². The second kappa shape index (κ2) is 12.3. The van der Waals surface area contributed by atoms with Gasteiger partial charge in [-0.1, -0.05) is 30.3 Å². The van der Waals surface area contributed by atoms with E-state index in [4.69, 9.17) is 10.5 Å². The normalized spacial score (nSPS) is 17.6. The predicted molar refractivity (Wildman–Crippen MR) is 128 cm³/mol. The van der Waals surface area contributed by atoms with Gasteiger partial charge in [0.05, 0.1) is 5.75 Å². The zero-order valence-electron chi connectivity index (χ0n) is 19.9. The van der Waals surface area contributed by atoms with Crippen LogP contribution in [-0.2, 0) is 26.0 Å². The monoisotopic (exact) mass is 482 g/mol. The van der Waals surface area contributed by atoms with Crippen molar-refractivity contribution in [3.05, 3.63) is 35.9 Å². The summed E-state index contributed by atoms with van der Waals surface area (Å²) in [4.78, 5) is 27.6. The standard InChI is InChI=1S/C23H38N4O5S/c1-23(2,3)32-22(29)26-20(16-18-10-5-4-6-11-18)21(28)27-14-9-12-19(27)17-25-33(30,31)15-8-7-13-24/h4-6,10-11,19-20,25H,7-9,12-17,24H2,1-3H3,(H,26,29)/t19-,20+/m1/s1. The lowest BCUT2D eigenvalue weighted by atomic mass is 10.0. The van der Waals surface area contributed by atoms with Gasteiger partial charge in [-0.3, -0.25) is 4.79 Å². The molecular weight excluding hydrogens is 444 g/mol. The Morgan fingerprint density at radius 1 is 1.21 bits per heavy atom. The van der Waals surface area contributed by atoms with Crippen LogP contribution in [0.4, 0.5) is 4.79 Å². The highest BCUT2D eigenvalue weighted by atomic mass is 32.2. The largest absolute Gasteiger partial charge is 0.444 e. The van der Waals surface area contributed by atoms with Crippen LogP contribution in [0.25, 0.3) is 0 Å². The summed E-state index contributed by atoms with van der Waals surface area (Å²) in [5, 5.41) is 2.72. The molecule has 1 aliphatic rings. The molecular formula is C23H38N4O5S. The number of likely N-dealkylation sites (tertiary alicyclic amines) is 1. The van der Waals surface area contributed by atoms with E-state index < -0.39 is 27.8 Å².